The molecule has 2 aliphatic rings. The number of hydrogen-bond donors (Lipinski definition) is 2. The number of aryl methyl sites for hydroxylation is 2. The first kappa shape index (κ1) is 12.5. The summed E-state index contributed by atoms with van der Waals surface area (Å²) >= 11 is 1.80. The molecular weight excluding hydrogens is 242 g/mol. The molecule has 18 heavy (non-hydrogen) atoms. The van der Waals surface area contributed by atoms with Crippen molar-refractivity contribution in [3.63, 3.8) is 0 Å². The number of fused-ring (bicyclic) bond motifs is 1. The summed E-state index contributed by atoms with van der Waals surface area (Å²) < 4.78 is 0. The van der Waals surface area contributed by atoms with Crippen LogP contribution in [0.4, 0.5) is 0 Å². The van der Waals surface area contributed by atoms with E-state index in [0.29, 0.717) is 5.92 Å². The zero-order valence-electron chi connectivity index (χ0n) is 10.7. The van der Waals surface area contributed by atoms with Crippen LogP contribution in [0.2, 0.25) is 0 Å². The standard InChI is InChI=1S/C15H21NOS/c16-15(9-17,13-5-6-13)10-18-14-7-4-11-2-1-3-12(11)8-14/h4,7-8,13,17H,1-3,5-6,9-10,16H2. The Hall–Kier alpha value is -0.510. The monoisotopic (exact) mass is 263 g/mol. The highest BCUT2D eigenvalue weighted by molar-refractivity contribution is 7.99. The maximum absolute atomic E-state index is 9.49. The minimum Gasteiger partial charge on any atom is -0.394 e. The van der Waals surface area contributed by atoms with Gasteiger partial charge in [-0.1, -0.05) is 6.07 Å². The number of benzene rings is 1. The highest BCUT2D eigenvalue weighted by Gasteiger charge is 2.41. The highest BCUT2D eigenvalue weighted by atomic mass is 32.2. The van der Waals surface area contributed by atoms with Crippen molar-refractivity contribution >= 4 is 11.8 Å². The van der Waals surface area contributed by atoms with E-state index in [-0.39, 0.29) is 12.1 Å². The van der Waals surface area contributed by atoms with Gasteiger partial charge in [0.2, 0.25) is 0 Å². The third-order valence-corrected chi connectivity index (χ3v) is 5.53. The molecule has 1 fully saturated rings. The van der Waals surface area contributed by atoms with Crippen LogP contribution in [0.25, 0.3) is 0 Å². The van der Waals surface area contributed by atoms with Gasteiger partial charge in [0.15, 0.2) is 0 Å². The van der Waals surface area contributed by atoms with Gasteiger partial charge in [0, 0.05) is 10.6 Å². The summed E-state index contributed by atoms with van der Waals surface area (Å²) in [5.74, 6) is 1.36. The summed E-state index contributed by atoms with van der Waals surface area (Å²) in [5.41, 5.74) is 8.95. The van der Waals surface area contributed by atoms with Gasteiger partial charge in [-0.15, -0.1) is 11.8 Å². The van der Waals surface area contributed by atoms with Crippen LogP contribution in [0, 0.1) is 5.92 Å². The Balaban J connectivity index is 1.66. The van der Waals surface area contributed by atoms with E-state index in [9.17, 15) is 5.11 Å². The fourth-order valence-corrected chi connectivity index (χ4v) is 3.96. The van der Waals surface area contributed by atoms with Gasteiger partial charge >= 0.3 is 0 Å². The first-order chi connectivity index (χ1) is 8.71. The van der Waals surface area contributed by atoms with Crippen molar-refractivity contribution in [1.82, 2.24) is 0 Å². The predicted octanol–water partition coefficient (Wildman–Crippen LogP) is 2.37. The molecule has 3 heteroatoms. The lowest BCUT2D eigenvalue weighted by atomic mass is 9.99. The summed E-state index contributed by atoms with van der Waals surface area (Å²) in [6.07, 6.45) is 6.12. The zero-order chi connectivity index (χ0) is 12.6. The zero-order valence-corrected chi connectivity index (χ0v) is 11.5. The summed E-state index contributed by atoms with van der Waals surface area (Å²) in [5, 5.41) is 9.49. The summed E-state index contributed by atoms with van der Waals surface area (Å²) in [6.45, 7) is 0.107. The van der Waals surface area contributed by atoms with Crippen LogP contribution in [0.15, 0.2) is 23.1 Å². The van der Waals surface area contributed by atoms with Gasteiger partial charge in [0.1, 0.15) is 0 Å². The topological polar surface area (TPSA) is 46.2 Å². The molecule has 2 nitrogen and oxygen atoms in total. The quantitative estimate of drug-likeness (QED) is 0.802. The van der Waals surface area contributed by atoms with Gasteiger partial charge in [-0.05, 0) is 61.3 Å². The van der Waals surface area contributed by atoms with Gasteiger partial charge < -0.3 is 10.8 Å². The Bertz CT molecular complexity index is 444. The fraction of sp³-hybridized carbons (Fsp3) is 0.600. The normalized spacial score (nSPS) is 21.7. The number of aliphatic hydroxyl groups excluding tert-OH is 1. The van der Waals surface area contributed by atoms with Crippen molar-refractivity contribution in [2.45, 2.75) is 42.5 Å². The second-order valence-electron chi connectivity index (χ2n) is 5.74. The van der Waals surface area contributed by atoms with E-state index >= 15 is 0 Å². The van der Waals surface area contributed by atoms with Gasteiger partial charge in [-0.2, -0.15) is 0 Å². The van der Waals surface area contributed by atoms with E-state index in [1.165, 1.54) is 48.1 Å². The maximum atomic E-state index is 9.49. The Kier molecular flexibility index (Phi) is 3.39. The van der Waals surface area contributed by atoms with Crippen LogP contribution in [-0.2, 0) is 12.8 Å². The number of thioether (sulfide) groups is 1. The molecule has 0 amide bonds. The molecule has 1 saturated carbocycles. The van der Waals surface area contributed by atoms with Crippen molar-refractivity contribution in [3.8, 4) is 0 Å². The highest BCUT2D eigenvalue weighted by Crippen LogP contribution is 2.41. The molecule has 0 heterocycles. The molecule has 0 bridgehead atoms. The molecule has 1 aromatic carbocycles. The number of hydrogen-bond acceptors (Lipinski definition) is 3. The van der Waals surface area contributed by atoms with Gasteiger partial charge in [-0.3, -0.25) is 0 Å². The third-order valence-electron chi connectivity index (χ3n) is 4.26. The van der Waals surface area contributed by atoms with Crippen LogP contribution < -0.4 is 5.73 Å². The molecule has 2 aliphatic carbocycles. The molecule has 0 aromatic heterocycles. The molecule has 0 aliphatic heterocycles. The molecule has 0 spiro atoms. The number of nitrogens with two attached hydrogens (primary N) is 1. The fourth-order valence-electron chi connectivity index (χ4n) is 2.81. The molecule has 3 N–H and O–H groups in total. The second-order valence-corrected chi connectivity index (χ2v) is 6.79. The first-order valence-electron chi connectivity index (χ1n) is 6.86. The Labute approximate surface area is 113 Å². The molecular formula is C15H21NOS. The maximum Gasteiger partial charge on any atom is 0.0622 e. The van der Waals surface area contributed by atoms with Crippen LogP contribution >= 0.6 is 11.8 Å². The lowest BCUT2D eigenvalue weighted by molar-refractivity contribution is 0.194. The molecule has 1 unspecified atom stereocenters. The van der Waals surface area contributed by atoms with Crippen molar-refractivity contribution in [2.75, 3.05) is 12.4 Å². The summed E-state index contributed by atoms with van der Waals surface area (Å²) in [6, 6.07) is 6.79. The van der Waals surface area contributed by atoms with Crippen LogP contribution in [0.3, 0.4) is 0 Å². The van der Waals surface area contributed by atoms with Gasteiger partial charge in [0.25, 0.3) is 0 Å². The average Bonchev–Trinajstić information content (AvgIpc) is 3.15. The number of rotatable bonds is 5. The van der Waals surface area contributed by atoms with Crippen molar-refractivity contribution in [2.24, 2.45) is 11.7 Å². The van der Waals surface area contributed by atoms with Gasteiger partial charge in [-0.25, -0.2) is 0 Å². The lowest BCUT2D eigenvalue weighted by Crippen LogP contribution is -2.48. The molecule has 98 valence electrons. The molecule has 1 atom stereocenters. The van der Waals surface area contributed by atoms with Crippen LogP contribution in [0.1, 0.15) is 30.4 Å². The van der Waals surface area contributed by atoms with E-state index in [2.05, 4.69) is 18.2 Å². The van der Waals surface area contributed by atoms with E-state index in [1.807, 2.05) is 0 Å². The average molecular weight is 263 g/mol. The smallest absolute Gasteiger partial charge is 0.0622 e. The molecule has 1 aromatic rings. The largest absolute Gasteiger partial charge is 0.394 e. The van der Waals surface area contributed by atoms with E-state index < -0.39 is 0 Å². The van der Waals surface area contributed by atoms with Crippen molar-refractivity contribution in [3.05, 3.63) is 29.3 Å². The lowest BCUT2D eigenvalue weighted by Gasteiger charge is -2.26. The number of aliphatic hydroxyl groups is 1. The Morgan fingerprint density at radius 3 is 2.78 bits per heavy atom. The summed E-state index contributed by atoms with van der Waals surface area (Å²) in [4.78, 5) is 1.31. The van der Waals surface area contributed by atoms with Gasteiger partial charge in [0.05, 0.1) is 12.1 Å². The SMILES string of the molecule is NC(CO)(CSc1ccc2c(c1)CCC2)C1CC1. The molecule has 3 rings (SSSR count). The third kappa shape index (κ3) is 2.44. The summed E-state index contributed by atoms with van der Waals surface area (Å²) in [7, 11) is 0. The first-order valence-corrected chi connectivity index (χ1v) is 7.84. The Morgan fingerprint density at radius 1 is 1.28 bits per heavy atom. The Morgan fingerprint density at radius 2 is 2.06 bits per heavy atom. The van der Waals surface area contributed by atoms with Crippen molar-refractivity contribution in [1.29, 1.82) is 0 Å². The van der Waals surface area contributed by atoms with E-state index in [0.717, 1.165) is 5.75 Å². The minimum absolute atomic E-state index is 0.107. The van der Waals surface area contributed by atoms with Crippen LogP contribution in [-0.4, -0.2) is 23.0 Å². The molecule has 0 radical (unpaired) electrons. The predicted molar refractivity (Wildman–Crippen MR) is 75.9 cm³/mol. The van der Waals surface area contributed by atoms with Crippen molar-refractivity contribution < 1.29 is 5.11 Å². The minimum atomic E-state index is -0.371. The molecule has 0 saturated heterocycles. The second kappa shape index (κ2) is 4.87. The van der Waals surface area contributed by atoms with Crippen LogP contribution in [0.5, 0.6) is 0 Å². The van der Waals surface area contributed by atoms with E-state index in [1.54, 1.807) is 11.8 Å². The van der Waals surface area contributed by atoms with E-state index in [4.69, 9.17) is 5.73 Å².